The fourth-order valence-corrected chi connectivity index (χ4v) is 2.38. The van der Waals surface area contributed by atoms with Crippen LogP contribution in [0.25, 0.3) is 0 Å². The van der Waals surface area contributed by atoms with Crippen molar-refractivity contribution in [3.8, 4) is 0 Å². The molecule has 0 spiro atoms. The van der Waals surface area contributed by atoms with E-state index in [2.05, 4.69) is 22.0 Å². The van der Waals surface area contributed by atoms with Gasteiger partial charge in [0, 0.05) is 19.0 Å². The van der Waals surface area contributed by atoms with Gasteiger partial charge in [0.25, 0.3) is 0 Å². The van der Waals surface area contributed by atoms with Gasteiger partial charge in [-0.2, -0.15) is 0 Å². The van der Waals surface area contributed by atoms with Crippen LogP contribution in [0.5, 0.6) is 0 Å². The Bertz CT molecular complexity index is 336. The summed E-state index contributed by atoms with van der Waals surface area (Å²) in [6, 6.07) is 0.644. The van der Waals surface area contributed by atoms with Gasteiger partial charge in [-0.05, 0) is 26.3 Å². The van der Waals surface area contributed by atoms with Crippen LogP contribution < -0.4 is 5.73 Å². The molecule has 5 heteroatoms. The number of hydrogen-bond donors (Lipinski definition) is 1. The van der Waals surface area contributed by atoms with Gasteiger partial charge in [-0.15, -0.1) is 10.2 Å². The van der Waals surface area contributed by atoms with Gasteiger partial charge in [0.2, 0.25) is 11.8 Å². The highest BCUT2D eigenvalue weighted by Gasteiger charge is 2.26. The summed E-state index contributed by atoms with van der Waals surface area (Å²) in [5.74, 6) is 1.33. The van der Waals surface area contributed by atoms with Crippen molar-refractivity contribution >= 4 is 0 Å². The lowest BCUT2D eigenvalue weighted by molar-refractivity contribution is 0.111. The van der Waals surface area contributed by atoms with Crippen LogP contribution in [0, 0.1) is 6.92 Å². The van der Waals surface area contributed by atoms with Crippen molar-refractivity contribution in [2.45, 2.75) is 51.7 Å². The number of aryl methyl sites for hydroxylation is 1. The Balaban J connectivity index is 2.01. The van der Waals surface area contributed by atoms with E-state index in [0.29, 0.717) is 17.8 Å². The number of piperidine rings is 1. The van der Waals surface area contributed by atoms with E-state index < -0.39 is 0 Å². The van der Waals surface area contributed by atoms with Crippen molar-refractivity contribution in [2.75, 3.05) is 6.54 Å². The third-order valence-corrected chi connectivity index (χ3v) is 3.18. The second-order valence-electron chi connectivity index (χ2n) is 4.61. The molecule has 2 atom stereocenters. The Labute approximate surface area is 96.0 Å². The average Bonchev–Trinajstić information content (AvgIpc) is 2.64. The van der Waals surface area contributed by atoms with Crippen molar-refractivity contribution < 1.29 is 4.42 Å². The highest BCUT2D eigenvalue weighted by molar-refractivity contribution is 4.87. The Morgan fingerprint density at radius 1 is 1.50 bits per heavy atom. The second-order valence-corrected chi connectivity index (χ2v) is 4.61. The molecule has 0 aromatic carbocycles. The molecule has 1 aromatic rings. The van der Waals surface area contributed by atoms with Gasteiger partial charge in [-0.3, -0.25) is 4.90 Å². The van der Waals surface area contributed by atoms with E-state index in [1.54, 1.807) is 0 Å². The minimum Gasteiger partial charge on any atom is -0.424 e. The van der Waals surface area contributed by atoms with Crippen LogP contribution in [0.4, 0.5) is 0 Å². The molecule has 2 heterocycles. The molecule has 16 heavy (non-hydrogen) atoms. The summed E-state index contributed by atoms with van der Waals surface area (Å²) in [5, 5.41) is 7.88. The first-order chi connectivity index (χ1) is 7.66. The molecular formula is C11H20N4O. The van der Waals surface area contributed by atoms with E-state index in [1.807, 2.05) is 6.92 Å². The van der Waals surface area contributed by atoms with Gasteiger partial charge < -0.3 is 10.2 Å². The lowest BCUT2D eigenvalue weighted by Gasteiger charge is -2.37. The fraction of sp³-hybridized carbons (Fsp3) is 0.818. The van der Waals surface area contributed by atoms with Crippen molar-refractivity contribution in [2.24, 2.45) is 5.73 Å². The van der Waals surface area contributed by atoms with Gasteiger partial charge >= 0.3 is 0 Å². The molecule has 1 aliphatic heterocycles. The zero-order chi connectivity index (χ0) is 11.5. The third kappa shape index (κ3) is 2.59. The molecule has 0 aliphatic carbocycles. The molecule has 5 nitrogen and oxygen atoms in total. The Kier molecular flexibility index (Phi) is 3.56. The molecule has 0 amide bonds. The summed E-state index contributed by atoms with van der Waals surface area (Å²) in [6.45, 7) is 5.69. The predicted octanol–water partition coefficient (Wildman–Crippen LogP) is 1.08. The normalized spacial score (nSPS) is 24.6. The Morgan fingerprint density at radius 2 is 2.31 bits per heavy atom. The van der Waals surface area contributed by atoms with Crippen molar-refractivity contribution in [3.63, 3.8) is 0 Å². The average molecular weight is 224 g/mol. The number of nitrogens with zero attached hydrogens (tertiary/aromatic N) is 3. The summed E-state index contributed by atoms with van der Waals surface area (Å²) in [4.78, 5) is 2.36. The van der Waals surface area contributed by atoms with E-state index in [-0.39, 0.29) is 6.04 Å². The SMILES string of the molecule is Cc1nnc(CN2CCCCC2C(C)N)o1. The van der Waals surface area contributed by atoms with Gasteiger partial charge in [0.05, 0.1) is 6.54 Å². The van der Waals surface area contributed by atoms with Crippen LogP contribution in [0.1, 0.15) is 38.0 Å². The number of nitrogens with two attached hydrogens (primary N) is 1. The smallest absolute Gasteiger partial charge is 0.230 e. The maximum atomic E-state index is 6.01. The molecule has 90 valence electrons. The van der Waals surface area contributed by atoms with Crippen LogP contribution in [0.15, 0.2) is 4.42 Å². The molecule has 2 unspecified atom stereocenters. The molecular weight excluding hydrogens is 204 g/mol. The predicted molar refractivity (Wildman–Crippen MR) is 60.7 cm³/mol. The van der Waals surface area contributed by atoms with E-state index in [0.717, 1.165) is 13.1 Å². The minimum atomic E-state index is 0.198. The molecule has 1 aromatic heterocycles. The monoisotopic (exact) mass is 224 g/mol. The number of likely N-dealkylation sites (tertiary alicyclic amines) is 1. The van der Waals surface area contributed by atoms with Crippen LogP contribution in [0.3, 0.4) is 0 Å². The second kappa shape index (κ2) is 4.93. The number of hydrogen-bond acceptors (Lipinski definition) is 5. The van der Waals surface area contributed by atoms with Gasteiger partial charge in [-0.1, -0.05) is 6.42 Å². The molecule has 1 saturated heterocycles. The topological polar surface area (TPSA) is 68.2 Å². The highest BCUT2D eigenvalue weighted by Crippen LogP contribution is 2.20. The summed E-state index contributed by atoms with van der Waals surface area (Å²) in [6.07, 6.45) is 3.67. The summed E-state index contributed by atoms with van der Waals surface area (Å²) >= 11 is 0. The molecule has 1 fully saturated rings. The third-order valence-electron chi connectivity index (χ3n) is 3.18. The fourth-order valence-electron chi connectivity index (χ4n) is 2.38. The van der Waals surface area contributed by atoms with Crippen molar-refractivity contribution in [1.82, 2.24) is 15.1 Å². The molecule has 2 N–H and O–H groups in total. The largest absolute Gasteiger partial charge is 0.424 e. The first-order valence-electron chi connectivity index (χ1n) is 5.95. The quantitative estimate of drug-likeness (QED) is 0.832. The molecule has 2 rings (SSSR count). The van der Waals surface area contributed by atoms with Crippen LogP contribution >= 0.6 is 0 Å². The standard InChI is InChI=1S/C11H20N4O/c1-8(12)10-5-3-4-6-15(10)7-11-14-13-9(2)16-11/h8,10H,3-7,12H2,1-2H3. The number of aromatic nitrogens is 2. The highest BCUT2D eigenvalue weighted by atomic mass is 16.4. The van der Waals surface area contributed by atoms with Crippen molar-refractivity contribution in [3.05, 3.63) is 11.8 Å². The molecule has 0 radical (unpaired) electrons. The molecule has 0 saturated carbocycles. The maximum absolute atomic E-state index is 6.01. The van der Waals surface area contributed by atoms with Crippen LogP contribution in [-0.2, 0) is 6.54 Å². The zero-order valence-corrected chi connectivity index (χ0v) is 10.0. The van der Waals surface area contributed by atoms with E-state index >= 15 is 0 Å². The van der Waals surface area contributed by atoms with Crippen LogP contribution in [-0.4, -0.2) is 33.7 Å². The maximum Gasteiger partial charge on any atom is 0.230 e. The van der Waals surface area contributed by atoms with Crippen LogP contribution in [0.2, 0.25) is 0 Å². The van der Waals surface area contributed by atoms with Gasteiger partial charge in [-0.25, -0.2) is 0 Å². The lowest BCUT2D eigenvalue weighted by atomic mass is 9.97. The Morgan fingerprint density at radius 3 is 2.94 bits per heavy atom. The summed E-state index contributed by atoms with van der Waals surface area (Å²) in [7, 11) is 0. The van der Waals surface area contributed by atoms with E-state index in [9.17, 15) is 0 Å². The van der Waals surface area contributed by atoms with Gasteiger partial charge in [0.15, 0.2) is 0 Å². The van der Waals surface area contributed by atoms with E-state index in [4.69, 9.17) is 10.2 Å². The zero-order valence-electron chi connectivity index (χ0n) is 10.0. The van der Waals surface area contributed by atoms with E-state index in [1.165, 1.54) is 19.3 Å². The first-order valence-corrected chi connectivity index (χ1v) is 5.95. The van der Waals surface area contributed by atoms with Crippen molar-refractivity contribution in [1.29, 1.82) is 0 Å². The van der Waals surface area contributed by atoms with Gasteiger partial charge in [0.1, 0.15) is 0 Å². The first kappa shape index (κ1) is 11.5. The lowest BCUT2D eigenvalue weighted by Crippen LogP contribution is -2.48. The Hall–Kier alpha value is -0.940. The molecule has 0 bridgehead atoms. The summed E-state index contributed by atoms with van der Waals surface area (Å²) in [5.41, 5.74) is 6.01. The number of rotatable bonds is 3. The molecule has 1 aliphatic rings. The minimum absolute atomic E-state index is 0.198. The summed E-state index contributed by atoms with van der Waals surface area (Å²) < 4.78 is 5.41.